The first-order chi connectivity index (χ1) is 12.9. The molecular formula is C23H30FNO2. The number of benzene rings is 2. The number of halogens is 1. The molecule has 1 fully saturated rings. The largest absolute Gasteiger partial charge is 0.385 e. The van der Waals surface area contributed by atoms with Crippen LogP contribution in [0.4, 0.5) is 4.39 Å². The van der Waals surface area contributed by atoms with E-state index in [0.717, 1.165) is 36.1 Å². The Morgan fingerprint density at radius 2 is 1.93 bits per heavy atom. The average Bonchev–Trinajstić information content (AvgIpc) is 2.63. The van der Waals surface area contributed by atoms with Crippen molar-refractivity contribution in [3.63, 3.8) is 0 Å². The van der Waals surface area contributed by atoms with Crippen LogP contribution in [0.3, 0.4) is 0 Å². The zero-order chi connectivity index (χ0) is 19.4. The molecule has 3 atom stereocenters. The van der Waals surface area contributed by atoms with Crippen molar-refractivity contribution in [3.8, 4) is 0 Å². The minimum absolute atomic E-state index is 0.0335. The van der Waals surface area contributed by atoms with Gasteiger partial charge in [0.2, 0.25) is 0 Å². The number of aliphatic hydroxyl groups is 1. The van der Waals surface area contributed by atoms with Crippen molar-refractivity contribution < 1.29 is 14.2 Å². The van der Waals surface area contributed by atoms with Crippen LogP contribution in [0.15, 0.2) is 48.5 Å². The second-order valence-electron chi connectivity index (χ2n) is 8.04. The van der Waals surface area contributed by atoms with Gasteiger partial charge in [-0.2, -0.15) is 0 Å². The summed E-state index contributed by atoms with van der Waals surface area (Å²) >= 11 is 0. The van der Waals surface area contributed by atoms with Crippen molar-refractivity contribution in [2.24, 2.45) is 5.92 Å². The normalized spacial score (nSPS) is 25.7. The van der Waals surface area contributed by atoms with Crippen LogP contribution in [-0.2, 0) is 16.9 Å². The van der Waals surface area contributed by atoms with Crippen molar-refractivity contribution in [1.29, 1.82) is 0 Å². The van der Waals surface area contributed by atoms with E-state index in [-0.39, 0.29) is 17.8 Å². The van der Waals surface area contributed by atoms with Gasteiger partial charge >= 0.3 is 0 Å². The molecule has 4 heteroatoms. The molecule has 1 saturated carbocycles. The second kappa shape index (κ2) is 8.51. The molecule has 0 aromatic heterocycles. The maximum Gasteiger partial charge on any atom is 0.123 e. The predicted octanol–water partition coefficient (Wildman–Crippen LogP) is 4.27. The van der Waals surface area contributed by atoms with E-state index in [1.165, 1.54) is 12.1 Å². The van der Waals surface area contributed by atoms with Crippen LogP contribution in [-0.4, -0.2) is 36.8 Å². The van der Waals surface area contributed by atoms with Gasteiger partial charge in [0.25, 0.3) is 0 Å². The van der Waals surface area contributed by atoms with E-state index in [4.69, 9.17) is 4.74 Å². The average molecular weight is 371 g/mol. The molecule has 3 rings (SSSR count). The van der Waals surface area contributed by atoms with Crippen LogP contribution >= 0.6 is 0 Å². The smallest absolute Gasteiger partial charge is 0.123 e. The Bertz CT molecular complexity index is 749. The number of rotatable bonds is 6. The molecule has 146 valence electrons. The Morgan fingerprint density at radius 1 is 1.19 bits per heavy atom. The second-order valence-corrected chi connectivity index (χ2v) is 8.04. The van der Waals surface area contributed by atoms with Gasteiger partial charge in [-0.05, 0) is 69.1 Å². The number of aryl methyl sites for hydroxylation is 1. The first-order valence-electron chi connectivity index (χ1n) is 9.68. The summed E-state index contributed by atoms with van der Waals surface area (Å²) in [5, 5.41) is 11.6. The molecule has 1 aliphatic rings. The number of hydrogen-bond acceptors (Lipinski definition) is 3. The van der Waals surface area contributed by atoms with Gasteiger partial charge < -0.3 is 14.7 Å². The van der Waals surface area contributed by atoms with Crippen LogP contribution in [0, 0.1) is 18.7 Å². The van der Waals surface area contributed by atoms with E-state index in [1.54, 1.807) is 6.07 Å². The van der Waals surface area contributed by atoms with Gasteiger partial charge in [-0.3, -0.25) is 0 Å². The molecule has 3 nitrogen and oxygen atoms in total. The number of ether oxygens (including phenoxy) is 1. The van der Waals surface area contributed by atoms with Crippen molar-refractivity contribution in [1.82, 2.24) is 4.90 Å². The van der Waals surface area contributed by atoms with E-state index in [1.807, 2.05) is 39.2 Å². The number of hydrogen-bond donors (Lipinski definition) is 1. The zero-order valence-electron chi connectivity index (χ0n) is 16.5. The van der Waals surface area contributed by atoms with Crippen molar-refractivity contribution in [2.45, 2.75) is 44.5 Å². The molecule has 1 aliphatic carbocycles. The van der Waals surface area contributed by atoms with E-state index >= 15 is 0 Å². The summed E-state index contributed by atoms with van der Waals surface area (Å²) in [7, 11) is 4.04. The zero-order valence-corrected chi connectivity index (χ0v) is 16.5. The minimum Gasteiger partial charge on any atom is -0.385 e. The molecule has 0 heterocycles. The first kappa shape index (κ1) is 20.0. The van der Waals surface area contributed by atoms with Gasteiger partial charge in [-0.25, -0.2) is 4.39 Å². The van der Waals surface area contributed by atoms with Crippen molar-refractivity contribution in [2.75, 3.05) is 20.6 Å². The molecule has 2 aromatic carbocycles. The standard InChI is InChI=1S/C23H30FNO2/c1-17-13-20(24)9-10-22(17)23(26)12-11-21(14-19(23)15-25(2)3)27-16-18-7-5-4-6-8-18/h4-10,13,19,21,26H,11-12,14-16H2,1-3H3. The van der Waals surface area contributed by atoms with E-state index in [0.29, 0.717) is 13.0 Å². The van der Waals surface area contributed by atoms with Gasteiger partial charge in [0, 0.05) is 12.5 Å². The lowest BCUT2D eigenvalue weighted by Crippen LogP contribution is -2.47. The van der Waals surface area contributed by atoms with Crippen molar-refractivity contribution in [3.05, 3.63) is 71.0 Å². The van der Waals surface area contributed by atoms with Gasteiger partial charge in [0.05, 0.1) is 18.3 Å². The van der Waals surface area contributed by atoms with E-state index in [9.17, 15) is 9.50 Å². The Morgan fingerprint density at radius 3 is 2.59 bits per heavy atom. The fourth-order valence-corrected chi connectivity index (χ4v) is 4.29. The summed E-state index contributed by atoms with van der Waals surface area (Å²) in [6.07, 6.45) is 2.33. The Labute approximate surface area is 161 Å². The summed E-state index contributed by atoms with van der Waals surface area (Å²) in [4.78, 5) is 2.11. The lowest BCUT2D eigenvalue weighted by Gasteiger charge is -2.45. The summed E-state index contributed by atoms with van der Waals surface area (Å²) in [6, 6.07) is 14.9. The van der Waals surface area contributed by atoms with Crippen LogP contribution in [0.1, 0.15) is 36.0 Å². The Balaban J connectivity index is 1.76. The molecule has 27 heavy (non-hydrogen) atoms. The lowest BCUT2D eigenvalue weighted by molar-refractivity contribution is -0.111. The van der Waals surface area contributed by atoms with Gasteiger partial charge in [0.15, 0.2) is 0 Å². The molecular weight excluding hydrogens is 341 g/mol. The summed E-state index contributed by atoms with van der Waals surface area (Å²) < 4.78 is 19.7. The van der Waals surface area contributed by atoms with E-state index in [2.05, 4.69) is 17.0 Å². The molecule has 0 aliphatic heterocycles. The molecule has 0 spiro atoms. The van der Waals surface area contributed by atoms with Crippen LogP contribution in [0.2, 0.25) is 0 Å². The highest BCUT2D eigenvalue weighted by Crippen LogP contribution is 2.44. The van der Waals surface area contributed by atoms with Crippen molar-refractivity contribution >= 4 is 0 Å². The van der Waals surface area contributed by atoms with E-state index < -0.39 is 5.60 Å². The highest BCUT2D eigenvalue weighted by molar-refractivity contribution is 5.33. The Kier molecular flexibility index (Phi) is 6.30. The maximum atomic E-state index is 13.6. The molecule has 0 saturated heterocycles. The van der Waals surface area contributed by atoms with Crippen LogP contribution in [0.5, 0.6) is 0 Å². The molecule has 0 amide bonds. The molecule has 3 unspecified atom stereocenters. The topological polar surface area (TPSA) is 32.7 Å². The summed E-state index contributed by atoms with van der Waals surface area (Å²) in [5.41, 5.74) is 1.87. The first-order valence-corrected chi connectivity index (χ1v) is 9.68. The third kappa shape index (κ3) is 4.75. The van der Waals surface area contributed by atoms with Crippen LogP contribution < -0.4 is 0 Å². The van der Waals surface area contributed by atoms with Gasteiger partial charge in [-0.15, -0.1) is 0 Å². The predicted molar refractivity (Wildman–Crippen MR) is 106 cm³/mol. The minimum atomic E-state index is -0.950. The molecule has 2 aromatic rings. The maximum absolute atomic E-state index is 13.6. The SMILES string of the molecule is Cc1cc(F)ccc1C1(O)CCC(OCc2ccccc2)CC1CN(C)C. The Hall–Kier alpha value is -1.75. The lowest BCUT2D eigenvalue weighted by atomic mass is 9.69. The van der Waals surface area contributed by atoms with Gasteiger partial charge in [-0.1, -0.05) is 36.4 Å². The van der Waals surface area contributed by atoms with Crippen LogP contribution in [0.25, 0.3) is 0 Å². The third-order valence-corrected chi connectivity index (χ3v) is 5.64. The summed E-state index contributed by atoms with van der Waals surface area (Å²) in [5.74, 6) is -0.227. The fraction of sp³-hybridized carbons (Fsp3) is 0.478. The molecule has 1 N–H and O–H groups in total. The molecule has 0 radical (unpaired) electrons. The monoisotopic (exact) mass is 371 g/mol. The van der Waals surface area contributed by atoms with Gasteiger partial charge in [0.1, 0.15) is 5.82 Å². The quantitative estimate of drug-likeness (QED) is 0.823. The molecule has 0 bridgehead atoms. The summed E-state index contributed by atoms with van der Waals surface area (Å²) in [6.45, 7) is 3.23. The highest BCUT2D eigenvalue weighted by atomic mass is 19.1. The third-order valence-electron chi connectivity index (χ3n) is 5.64. The fourth-order valence-electron chi connectivity index (χ4n) is 4.29. The number of nitrogens with zero attached hydrogens (tertiary/aromatic N) is 1. The highest BCUT2D eigenvalue weighted by Gasteiger charge is 2.44.